The molecular formula is C17H9BF3N3OS2. The lowest BCUT2D eigenvalue weighted by Crippen LogP contribution is -2.09. The SMILES string of the molecule is [B]O/C(=C(\C#N)c1csc(-c2ccccc2)n1)c1sc(C)nc1C(F)(F)F. The highest BCUT2D eigenvalue weighted by atomic mass is 32.1. The predicted molar refractivity (Wildman–Crippen MR) is 98.7 cm³/mol. The molecule has 0 spiro atoms. The van der Waals surface area contributed by atoms with E-state index in [9.17, 15) is 18.4 Å². The minimum Gasteiger partial charge on any atom is -0.566 e. The zero-order chi connectivity index (χ0) is 19.6. The summed E-state index contributed by atoms with van der Waals surface area (Å²) in [5.74, 6) is -0.402. The van der Waals surface area contributed by atoms with E-state index in [-0.39, 0.29) is 21.2 Å². The number of allylic oxidation sites excluding steroid dienone is 1. The summed E-state index contributed by atoms with van der Waals surface area (Å²) < 4.78 is 44.5. The largest absolute Gasteiger partial charge is 0.566 e. The molecule has 0 fully saturated rings. The molecule has 2 heterocycles. The standard InChI is InChI=1S/C17H9BF3N3OS2/c1-9-23-15(17(19,20)21)14(27-9)13(25-18)11(7-22)12-8-26-16(24-12)10-5-3-2-4-6-10/h2-6,8H,1H3/b13-11+. The third-order valence-electron chi connectivity index (χ3n) is 3.45. The first-order valence-electron chi connectivity index (χ1n) is 7.42. The summed E-state index contributed by atoms with van der Waals surface area (Å²) >= 11 is 2.00. The van der Waals surface area contributed by atoms with E-state index in [1.54, 1.807) is 5.38 Å². The van der Waals surface area contributed by atoms with E-state index < -0.39 is 17.6 Å². The molecule has 1 aromatic carbocycles. The summed E-state index contributed by atoms with van der Waals surface area (Å²) in [6.07, 6.45) is -4.71. The van der Waals surface area contributed by atoms with Gasteiger partial charge in [-0.25, -0.2) is 9.97 Å². The van der Waals surface area contributed by atoms with E-state index in [1.807, 2.05) is 36.4 Å². The minimum absolute atomic E-state index is 0.174. The summed E-state index contributed by atoms with van der Waals surface area (Å²) in [6.45, 7) is 1.43. The van der Waals surface area contributed by atoms with Crippen LogP contribution >= 0.6 is 22.7 Å². The van der Waals surface area contributed by atoms with Crippen LogP contribution in [0.25, 0.3) is 21.9 Å². The number of aryl methyl sites for hydroxylation is 1. The van der Waals surface area contributed by atoms with Gasteiger partial charge < -0.3 is 4.65 Å². The fourth-order valence-electron chi connectivity index (χ4n) is 2.33. The second-order valence-electron chi connectivity index (χ2n) is 5.25. The number of aromatic nitrogens is 2. The van der Waals surface area contributed by atoms with Gasteiger partial charge in [-0.3, -0.25) is 0 Å². The minimum atomic E-state index is -4.71. The average molecular weight is 403 g/mol. The van der Waals surface area contributed by atoms with Gasteiger partial charge in [0.25, 0.3) is 0 Å². The Morgan fingerprint density at radius 1 is 1.22 bits per heavy atom. The molecule has 0 bridgehead atoms. The molecule has 0 aliphatic carbocycles. The van der Waals surface area contributed by atoms with Crippen molar-refractivity contribution >= 4 is 42.1 Å². The quantitative estimate of drug-likeness (QED) is 0.346. The van der Waals surface area contributed by atoms with Crippen molar-refractivity contribution in [3.05, 3.63) is 57.0 Å². The Kier molecular flexibility index (Phi) is 5.35. The van der Waals surface area contributed by atoms with Crippen LogP contribution in [-0.4, -0.2) is 18.0 Å². The number of halogens is 3. The lowest BCUT2D eigenvalue weighted by atomic mass is 10.1. The van der Waals surface area contributed by atoms with Gasteiger partial charge >= 0.3 is 14.2 Å². The predicted octanol–water partition coefficient (Wildman–Crippen LogP) is 5.09. The third kappa shape index (κ3) is 3.89. The van der Waals surface area contributed by atoms with Crippen molar-refractivity contribution in [3.8, 4) is 16.6 Å². The third-order valence-corrected chi connectivity index (χ3v) is 5.31. The van der Waals surface area contributed by atoms with Gasteiger partial charge in [0.1, 0.15) is 27.3 Å². The Balaban J connectivity index is 2.14. The second kappa shape index (κ2) is 7.54. The molecular weight excluding hydrogens is 394 g/mol. The van der Waals surface area contributed by atoms with Crippen LogP contribution in [0.3, 0.4) is 0 Å². The maximum atomic E-state index is 13.3. The number of benzene rings is 1. The Hall–Kier alpha value is -2.64. The Bertz CT molecular complexity index is 1040. The van der Waals surface area contributed by atoms with Gasteiger partial charge in [0.15, 0.2) is 5.69 Å². The normalized spacial score (nSPS) is 12.4. The molecule has 0 atom stereocenters. The molecule has 0 amide bonds. The maximum Gasteiger partial charge on any atom is 0.434 e. The molecule has 3 aromatic rings. The molecule has 0 unspecified atom stereocenters. The fourth-order valence-corrected chi connectivity index (χ4v) is 4.08. The Morgan fingerprint density at radius 2 is 1.93 bits per heavy atom. The molecule has 0 aliphatic rings. The Morgan fingerprint density at radius 3 is 2.52 bits per heavy atom. The molecule has 0 saturated carbocycles. The molecule has 3 rings (SSSR count). The molecule has 2 radical (unpaired) electrons. The van der Waals surface area contributed by atoms with Gasteiger partial charge in [-0.2, -0.15) is 18.4 Å². The van der Waals surface area contributed by atoms with Gasteiger partial charge in [0.2, 0.25) is 0 Å². The molecule has 0 saturated heterocycles. The number of alkyl halides is 3. The van der Waals surface area contributed by atoms with Crippen LogP contribution in [0.15, 0.2) is 35.7 Å². The van der Waals surface area contributed by atoms with Crippen molar-refractivity contribution in [2.24, 2.45) is 0 Å². The molecule has 2 aromatic heterocycles. The first-order valence-corrected chi connectivity index (χ1v) is 9.12. The molecule has 0 N–H and O–H groups in total. The van der Waals surface area contributed by atoms with Gasteiger partial charge in [0.05, 0.1) is 10.7 Å². The molecule has 27 heavy (non-hydrogen) atoms. The smallest absolute Gasteiger partial charge is 0.434 e. The lowest BCUT2D eigenvalue weighted by molar-refractivity contribution is -0.141. The number of hydrogen-bond donors (Lipinski definition) is 0. The number of thiazole rings is 2. The lowest BCUT2D eigenvalue weighted by Gasteiger charge is -2.10. The second-order valence-corrected chi connectivity index (χ2v) is 7.31. The zero-order valence-electron chi connectivity index (χ0n) is 13.7. The summed E-state index contributed by atoms with van der Waals surface area (Å²) in [5.41, 5.74) is -0.325. The van der Waals surface area contributed by atoms with E-state index in [1.165, 1.54) is 18.3 Å². The topological polar surface area (TPSA) is 58.8 Å². The van der Waals surface area contributed by atoms with Crippen molar-refractivity contribution in [1.82, 2.24) is 9.97 Å². The van der Waals surface area contributed by atoms with Crippen molar-refractivity contribution in [1.29, 1.82) is 5.26 Å². The fraction of sp³-hybridized carbons (Fsp3) is 0.118. The molecule has 0 aliphatic heterocycles. The highest BCUT2D eigenvalue weighted by Crippen LogP contribution is 2.40. The summed E-state index contributed by atoms with van der Waals surface area (Å²) in [4.78, 5) is 7.51. The van der Waals surface area contributed by atoms with Crippen LogP contribution in [0.5, 0.6) is 0 Å². The van der Waals surface area contributed by atoms with E-state index >= 15 is 0 Å². The van der Waals surface area contributed by atoms with Crippen molar-refractivity contribution in [3.63, 3.8) is 0 Å². The molecule has 134 valence electrons. The Labute approximate surface area is 162 Å². The summed E-state index contributed by atoms with van der Waals surface area (Å²) in [5, 5.41) is 11.9. The van der Waals surface area contributed by atoms with Crippen LogP contribution in [0.4, 0.5) is 13.2 Å². The monoisotopic (exact) mass is 403 g/mol. The summed E-state index contributed by atoms with van der Waals surface area (Å²) in [7, 11) is 5.24. The van der Waals surface area contributed by atoms with Crippen LogP contribution in [-0.2, 0) is 10.8 Å². The molecule has 10 heteroatoms. The van der Waals surface area contributed by atoms with Gasteiger partial charge in [0, 0.05) is 10.9 Å². The van der Waals surface area contributed by atoms with Gasteiger partial charge in [-0.15, -0.1) is 22.7 Å². The highest BCUT2D eigenvalue weighted by molar-refractivity contribution is 7.13. The highest BCUT2D eigenvalue weighted by Gasteiger charge is 2.39. The van der Waals surface area contributed by atoms with Crippen molar-refractivity contribution in [2.45, 2.75) is 13.1 Å². The zero-order valence-corrected chi connectivity index (χ0v) is 15.4. The van der Waals surface area contributed by atoms with Crippen LogP contribution in [0.2, 0.25) is 0 Å². The van der Waals surface area contributed by atoms with Crippen molar-refractivity contribution in [2.75, 3.05) is 0 Å². The van der Waals surface area contributed by atoms with Crippen molar-refractivity contribution < 1.29 is 17.8 Å². The molecule has 4 nitrogen and oxygen atoms in total. The van der Waals surface area contributed by atoms with Crippen LogP contribution in [0, 0.1) is 18.3 Å². The van der Waals surface area contributed by atoms with E-state index in [0.29, 0.717) is 5.01 Å². The number of nitrogens with zero attached hydrogens (tertiary/aromatic N) is 3. The average Bonchev–Trinajstić information content (AvgIpc) is 3.27. The maximum absolute atomic E-state index is 13.3. The first kappa shape index (κ1) is 19.1. The number of rotatable bonds is 4. The van der Waals surface area contributed by atoms with E-state index in [0.717, 1.165) is 16.9 Å². The first-order chi connectivity index (χ1) is 12.8. The number of hydrogen-bond acceptors (Lipinski definition) is 6. The van der Waals surface area contributed by atoms with E-state index in [2.05, 4.69) is 9.97 Å². The van der Waals surface area contributed by atoms with Gasteiger partial charge in [-0.05, 0) is 6.92 Å². The van der Waals surface area contributed by atoms with Gasteiger partial charge in [-0.1, -0.05) is 30.3 Å². The van der Waals surface area contributed by atoms with E-state index in [4.69, 9.17) is 12.7 Å². The van der Waals surface area contributed by atoms with Crippen LogP contribution in [0.1, 0.15) is 21.3 Å². The van der Waals surface area contributed by atoms with Crippen LogP contribution < -0.4 is 0 Å². The summed E-state index contributed by atoms with van der Waals surface area (Å²) in [6, 6.07) is 11.1. The number of nitriles is 1.